The second kappa shape index (κ2) is 10.3. The molecule has 5 N–H and O–H groups in total. The Labute approximate surface area is 206 Å². The zero-order chi connectivity index (χ0) is 25.1. The van der Waals surface area contributed by atoms with Crippen LogP contribution in [0.3, 0.4) is 0 Å². The van der Waals surface area contributed by atoms with E-state index in [-0.39, 0.29) is 28.1 Å². The monoisotopic (exact) mass is 497 g/mol. The number of para-hydroxylation sites is 1. The smallest absolute Gasteiger partial charge is 0.273 e. The molecule has 4 rings (SSSR count). The van der Waals surface area contributed by atoms with Crippen LogP contribution in [-0.4, -0.2) is 41.4 Å². The number of carbonyl (C=O) groups is 3. The first-order valence-corrected chi connectivity index (χ1v) is 11.9. The first kappa shape index (κ1) is 24.4. The molecule has 2 aromatic heterocycles. The van der Waals surface area contributed by atoms with Crippen molar-refractivity contribution in [1.29, 1.82) is 0 Å². The minimum Gasteiger partial charge on any atom is -0.464 e. The largest absolute Gasteiger partial charge is 0.464 e. The summed E-state index contributed by atoms with van der Waals surface area (Å²) in [7, 11) is 0. The van der Waals surface area contributed by atoms with Gasteiger partial charge in [-0.2, -0.15) is 4.37 Å². The van der Waals surface area contributed by atoms with Gasteiger partial charge in [0.1, 0.15) is 16.4 Å². The Hall–Kier alpha value is -3.70. The Morgan fingerprint density at radius 2 is 2.00 bits per heavy atom. The number of aromatic nitrogens is 1. The van der Waals surface area contributed by atoms with Crippen LogP contribution in [0.25, 0.3) is 0 Å². The molecule has 1 aliphatic rings. The van der Waals surface area contributed by atoms with Crippen LogP contribution in [0.4, 0.5) is 11.4 Å². The molecule has 2 unspecified atom stereocenters. The van der Waals surface area contributed by atoms with Gasteiger partial charge in [0.25, 0.3) is 17.7 Å². The van der Waals surface area contributed by atoms with Crippen LogP contribution in [0.15, 0.2) is 40.8 Å². The molecule has 11 heteroatoms. The van der Waals surface area contributed by atoms with Crippen molar-refractivity contribution in [3.63, 3.8) is 0 Å². The van der Waals surface area contributed by atoms with Gasteiger partial charge < -0.3 is 25.9 Å². The lowest BCUT2D eigenvalue weighted by atomic mass is 10.1. The maximum absolute atomic E-state index is 14.0. The summed E-state index contributed by atoms with van der Waals surface area (Å²) >= 11 is 0.755. The highest BCUT2D eigenvalue weighted by Gasteiger charge is 2.38. The lowest BCUT2D eigenvalue weighted by Crippen LogP contribution is -2.45. The molecular weight excluding hydrogens is 470 g/mol. The standard InChI is InChI=1S/C24H27N5O5S/c1-13-6-3-4-8-16(13)29(24(32)21-18(25)19(22(26)30)28-35-21)20(17-10-9-14(2)34-17)23(31)27-12-15-7-5-11-33-15/h3-4,6,8-10,15,20H,5,7,11-12,25H2,1-2H3,(H2,26,30)(H,27,31). The molecule has 3 aromatic rings. The number of primary amides is 1. The summed E-state index contributed by atoms with van der Waals surface area (Å²) in [5.41, 5.74) is 12.4. The molecule has 0 aliphatic carbocycles. The summed E-state index contributed by atoms with van der Waals surface area (Å²) in [6.07, 6.45) is 1.69. The van der Waals surface area contributed by atoms with E-state index in [9.17, 15) is 14.4 Å². The molecule has 10 nitrogen and oxygen atoms in total. The molecule has 184 valence electrons. The topological polar surface area (TPSA) is 154 Å². The number of rotatable bonds is 8. The highest BCUT2D eigenvalue weighted by atomic mass is 32.1. The van der Waals surface area contributed by atoms with Crippen molar-refractivity contribution in [2.45, 2.75) is 38.8 Å². The third-order valence-corrected chi connectivity index (χ3v) is 6.67. The van der Waals surface area contributed by atoms with Crippen molar-refractivity contribution in [3.8, 4) is 0 Å². The molecular formula is C24H27N5O5S. The maximum atomic E-state index is 14.0. The fraction of sp³-hybridized carbons (Fsp3) is 0.333. The third kappa shape index (κ3) is 5.05. The highest BCUT2D eigenvalue weighted by Crippen LogP contribution is 2.35. The second-order valence-electron chi connectivity index (χ2n) is 8.33. The number of nitrogens with one attached hydrogen (secondary N) is 1. The fourth-order valence-electron chi connectivity index (χ4n) is 4.03. The minimum absolute atomic E-state index is 0.00209. The van der Waals surface area contributed by atoms with Crippen LogP contribution in [-0.2, 0) is 9.53 Å². The average Bonchev–Trinajstić information content (AvgIpc) is 3.57. The number of hydrogen-bond donors (Lipinski definition) is 3. The van der Waals surface area contributed by atoms with Crippen molar-refractivity contribution >= 4 is 40.6 Å². The minimum atomic E-state index is -1.16. The normalized spacial score (nSPS) is 16.1. The second-order valence-corrected chi connectivity index (χ2v) is 9.10. The van der Waals surface area contributed by atoms with Gasteiger partial charge in [-0.15, -0.1) is 0 Å². The first-order valence-electron chi connectivity index (χ1n) is 11.2. The molecule has 0 spiro atoms. The average molecular weight is 498 g/mol. The van der Waals surface area contributed by atoms with Gasteiger partial charge in [0.05, 0.1) is 11.8 Å². The number of nitrogens with zero attached hydrogens (tertiary/aromatic N) is 2. The molecule has 1 saturated heterocycles. The van der Waals surface area contributed by atoms with E-state index in [0.29, 0.717) is 24.6 Å². The van der Waals surface area contributed by atoms with Crippen LogP contribution in [0.1, 0.15) is 56.1 Å². The van der Waals surface area contributed by atoms with Crippen molar-refractivity contribution < 1.29 is 23.5 Å². The molecule has 3 amide bonds. The zero-order valence-electron chi connectivity index (χ0n) is 19.4. The van der Waals surface area contributed by atoms with Crippen LogP contribution >= 0.6 is 11.5 Å². The number of aryl methyl sites for hydroxylation is 2. The number of carbonyl (C=O) groups excluding carboxylic acids is 3. The van der Waals surface area contributed by atoms with Gasteiger partial charge in [-0.05, 0) is 62.0 Å². The summed E-state index contributed by atoms with van der Waals surface area (Å²) in [5, 5.41) is 2.91. The maximum Gasteiger partial charge on any atom is 0.273 e. The van der Waals surface area contributed by atoms with Crippen molar-refractivity contribution in [3.05, 3.63) is 64.1 Å². The number of anilines is 2. The summed E-state index contributed by atoms with van der Waals surface area (Å²) < 4.78 is 15.4. The molecule has 1 fully saturated rings. The van der Waals surface area contributed by atoms with Crippen molar-refractivity contribution in [2.24, 2.45) is 5.73 Å². The number of benzene rings is 1. The molecule has 1 aliphatic heterocycles. The number of nitrogens with two attached hydrogens (primary N) is 2. The zero-order valence-corrected chi connectivity index (χ0v) is 20.3. The van der Waals surface area contributed by atoms with Gasteiger partial charge in [0.2, 0.25) is 0 Å². The number of hydrogen-bond acceptors (Lipinski definition) is 8. The van der Waals surface area contributed by atoms with Gasteiger partial charge in [-0.3, -0.25) is 19.3 Å². The van der Waals surface area contributed by atoms with Gasteiger partial charge in [-0.1, -0.05) is 18.2 Å². The van der Waals surface area contributed by atoms with E-state index in [1.807, 2.05) is 19.1 Å². The fourth-order valence-corrected chi connectivity index (χ4v) is 4.77. The van der Waals surface area contributed by atoms with Crippen LogP contribution < -0.4 is 21.7 Å². The van der Waals surface area contributed by atoms with E-state index >= 15 is 0 Å². The van der Waals surface area contributed by atoms with E-state index in [0.717, 1.165) is 29.9 Å². The predicted octanol–water partition coefficient (Wildman–Crippen LogP) is 2.72. The Bertz CT molecular complexity index is 1250. The van der Waals surface area contributed by atoms with Crippen molar-refractivity contribution in [2.75, 3.05) is 23.8 Å². The summed E-state index contributed by atoms with van der Waals surface area (Å²) in [5.74, 6) is -1.02. The van der Waals surface area contributed by atoms with E-state index in [1.54, 1.807) is 31.2 Å². The van der Waals surface area contributed by atoms with Crippen LogP contribution in [0.2, 0.25) is 0 Å². The number of ether oxygens (including phenoxy) is 1. The molecule has 35 heavy (non-hydrogen) atoms. The highest BCUT2D eigenvalue weighted by molar-refractivity contribution is 7.09. The quantitative estimate of drug-likeness (QED) is 0.432. The van der Waals surface area contributed by atoms with Gasteiger partial charge in [0.15, 0.2) is 11.7 Å². The number of amides is 3. The van der Waals surface area contributed by atoms with E-state index in [1.165, 1.54) is 4.90 Å². The summed E-state index contributed by atoms with van der Waals surface area (Å²) in [4.78, 5) is 40.6. The Morgan fingerprint density at radius 3 is 2.60 bits per heavy atom. The molecule has 1 aromatic carbocycles. The van der Waals surface area contributed by atoms with Gasteiger partial charge in [0, 0.05) is 18.8 Å². The van der Waals surface area contributed by atoms with E-state index < -0.39 is 23.8 Å². The van der Waals surface area contributed by atoms with E-state index in [4.69, 9.17) is 20.6 Å². The molecule has 2 atom stereocenters. The summed E-state index contributed by atoms with van der Waals surface area (Å²) in [6, 6.07) is 9.39. The lowest BCUT2D eigenvalue weighted by Gasteiger charge is -2.31. The molecule has 3 heterocycles. The summed E-state index contributed by atoms with van der Waals surface area (Å²) in [6.45, 7) is 4.54. The van der Waals surface area contributed by atoms with Crippen LogP contribution in [0.5, 0.6) is 0 Å². The number of nitrogen functional groups attached to an aromatic ring is 1. The Kier molecular flexibility index (Phi) is 7.17. The third-order valence-electron chi connectivity index (χ3n) is 5.81. The Morgan fingerprint density at radius 1 is 1.23 bits per heavy atom. The first-order chi connectivity index (χ1) is 16.8. The number of furan rings is 1. The SMILES string of the molecule is Cc1ccc(C(C(=O)NCC2CCCO2)N(C(=O)c2snc(C(N)=O)c2N)c2ccccc2C)o1. The van der Waals surface area contributed by atoms with Crippen molar-refractivity contribution in [1.82, 2.24) is 9.69 Å². The predicted molar refractivity (Wildman–Crippen MR) is 131 cm³/mol. The molecule has 0 radical (unpaired) electrons. The molecule has 0 bridgehead atoms. The molecule has 0 saturated carbocycles. The van der Waals surface area contributed by atoms with Crippen LogP contribution in [0, 0.1) is 13.8 Å². The van der Waals surface area contributed by atoms with Gasteiger partial charge in [-0.25, -0.2) is 0 Å². The lowest BCUT2D eigenvalue weighted by molar-refractivity contribution is -0.123. The van der Waals surface area contributed by atoms with E-state index in [2.05, 4.69) is 9.69 Å². The van der Waals surface area contributed by atoms with Gasteiger partial charge >= 0.3 is 0 Å². The Balaban J connectivity index is 1.80.